The first-order valence-electron chi connectivity index (χ1n) is 12.1. The van der Waals surface area contributed by atoms with Crippen LogP contribution in [0.1, 0.15) is 102 Å². The molecule has 0 saturated carbocycles. The molecule has 0 heterocycles. The molecule has 0 radical (unpaired) electrons. The van der Waals surface area contributed by atoms with E-state index in [1.165, 1.54) is 71.0 Å². The standard InChI is InChI=1S/C26H43NO4/c1-3-4-5-6-7-8-9-10-11-12-13-14-15-16-17-18-26(29)27(30)22-23-19-20-24(28)25(21-23)31-2/h10-11,19-21,28,30H,3-9,12-18,22H2,1-2H3. The molecule has 2 N–H and O–H groups in total. The normalized spacial score (nSPS) is 11.2. The molecule has 1 aromatic rings. The molecule has 5 nitrogen and oxygen atoms in total. The van der Waals surface area contributed by atoms with Gasteiger partial charge in [-0.05, 0) is 49.8 Å². The number of nitrogens with zero attached hydrogens (tertiary/aromatic N) is 1. The van der Waals surface area contributed by atoms with E-state index >= 15 is 0 Å². The summed E-state index contributed by atoms with van der Waals surface area (Å²) in [5.41, 5.74) is 0.704. The van der Waals surface area contributed by atoms with E-state index in [9.17, 15) is 15.1 Å². The summed E-state index contributed by atoms with van der Waals surface area (Å²) in [5, 5.41) is 20.4. The average Bonchev–Trinajstić information content (AvgIpc) is 2.77. The van der Waals surface area contributed by atoms with Crippen molar-refractivity contribution in [1.29, 1.82) is 0 Å². The average molecular weight is 434 g/mol. The number of phenolic OH excluding ortho intramolecular Hbond substituents is 1. The lowest BCUT2D eigenvalue weighted by atomic mass is 10.1. The molecule has 0 aromatic heterocycles. The largest absolute Gasteiger partial charge is 0.504 e. The SMILES string of the molecule is CCCCCCCCC=CCCCCCCCC(=O)N(O)Cc1ccc(O)c(OC)c1. The molecule has 0 bridgehead atoms. The van der Waals surface area contributed by atoms with Crippen molar-refractivity contribution in [1.82, 2.24) is 5.06 Å². The summed E-state index contributed by atoms with van der Waals surface area (Å²) in [5.74, 6) is 0.0932. The first-order valence-corrected chi connectivity index (χ1v) is 12.1. The maximum Gasteiger partial charge on any atom is 0.246 e. The summed E-state index contributed by atoms with van der Waals surface area (Å²) in [7, 11) is 1.47. The fraction of sp³-hybridized carbons (Fsp3) is 0.654. The number of amides is 1. The summed E-state index contributed by atoms with van der Waals surface area (Å²) in [4.78, 5) is 12.1. The van der Waals surface area contributed by atoms with Gasteiger partial charge in [-0.3, -0.25) is 10.0 Å². The minimum atomic E-state index is -0.273. The van der Waals surface area contributed by atoms with Gasteiger partial charge >= 0.3 is 0 Å². The third-order valence-corrected chi connectivity index (χ3v) is 5.52. The maximum absolute atomic E-state index is 12.1. The fourth-order valence-corrected chi connectivity index (χ4v) is 3.56. The molecular weight excluding hydrogens is 390 g/mol. The van der Waals surface area contributed by atoms with E-state index in [-0.39, 0.29) is 18.2 Å². The first-order chi connectivity index (χ1) is 15.1. The summed E-state index contributed by atoms with van der Waals surface area (Å²) in [6.45, 7) is 2.34. The van der Waals surface area contributed by atoms with Gasteiger partial charge < -0.3 is 9.84 Å². The third-order valence-electron chi connectivity index (χ3n) is 5.52. The molecule has 31 heavy (non-hydrogen) atoms. The van der Waals surface area contributed by atoms with Crippen LogP contribution < -0.4 is 4.74 Å². The number of methoxy groups -OCH3 is 1. The molecule has 0 atom stereocenters. The second kappa shape index (κ2) is 17.6. The van der Waals surface area contributed by atoms with Gasteiger partial charge in [-0.1, -0.05) is 76.5 Å². The van der Waals surface area contributed by atoms with Crippen LogP contribution in [0.25, 0.3) is 0 Å². The zero-order chi connectivity index (χ0) is 22.7. The molecule has 176 valence electrons. The van der Waals surface area contributed by atoms with Crippen molar-refractivity contribution in [3.63, 3.8) is 0 Å². The van der Waals surface area contributed by atoms with E-state index in [4.69, 9.17) is 4.74 Å². The number of aromatic hydroxyl groups is 1. The van der Waals surface area contributed by atoms with Crippen molar-refractivity contribution in [2.24, 2.45) is 0 Å². The van der Waals surface area contributed by atoms with Crippen LogP contribution in [0.2, 0.25) is 0 Å². The van der Waals surface area contributed by atoms with Crippen LogP contribution in [0.4, 0.5) is 0 Å². The molecule has 5 heteroatoms. The summed E-state index contributed by atoms with van der Waals surface area (Å²) >= 11 is 0. The van der Waals surface area contributed by atoms with Crippen LogP contribution in [0.15, 0.2) is 30.4 Å². The number of unbranched alkanes of at least 4 members (excludes halogenated alkanes) is 11. The number of carbonyl (C=O) groups is 1. The van der Waals surface area contributed by atoms with Gasteiger partial charge in [-0.2, -0.15) is 0 Å². The third kappa shape index (κ3) is 13.1. The van der Waals surface area contributed by atoms with Crippen LogP contribution in [0, 0.1) is 0 Å². The molecular formula is C26H43NO4. The summed E-state index contributed by atoms with van der Waals surface area (Å²) < 4.78 is 5.05. The highest BCUT2D eigenvalue weighted by molar-refractivity contribution is 5.74. The predicted octanol–water partition coefficient (Wildman–Crippen LogP) is 7.16. The number of benzene rings is 1. The highest BCUT2D eigenvalue weighted by atomic mass is 16.5. The van der Waals surface area contributed by atoms with Gasteiger partial charge in [-0.25, -0.2) is 5.06 Å². The highest BCUT2D eigenvalue weighted by Gasteiger charge is 2.12. The topological polar surface area (TPSA) is 70.0 Å². The zero-order valence-corrected chi connectivity index (χ0v) is 19.7. The molecule has 1 amide bonds. The van der Waals surface area contributed by atoms with Crippen LogP contribution >= 0.6 is 0 Å². The maximum atomic E-state index is 12.1. The van der Waals surface area contributed by atoms with E-state index in [0.717, 1.165) is 30.7 Å². The molecule has 1 aromatic carbocycles. The number of hydrogen-bond acceptors (Lipinski definition) is 4. The molecule has 0 unspecified atom stereocenters. The Morgan fingerprint density at radius 3 is 2.13 bits per heavy atom. The lowest BCUT2D eigenvalue weighted by Crippen LogP contribution is -2.26. The Morgan fingerprint density at radius 1 is 0.935 bits per heavy atom. The van der Waals surface area contributed by atoms with E-state index in [2.05, 4.69) is 19.1 Å². The zero-order valence-electron chi connectivity index (χ0n) is 19.7. The van der Waals surface area contributed by atoms with Crippen LogP contribution in [-0.2, 0) is 11.3 Å². The number of ether oxygens (including phenoxy) is 1. The second-order valence-electron chi connectivity index (χ2n) is 8.29. The van der Waals surface area contributed by atoms with Crippen molar-refractivity contribution >= 4 is 5.91 Å². The monoisotopic (exact) mass is 433 g/mol. The summed E-state index contributed by atoms with van der Waals surface area (Å²) in [6.07, 6.45) is 20.8. The highest BCUT2D eigenvalue weighted by Crippen LogP contribution is 2.26. The Labute approximate surface area is 189 Å². The lowest BCUT2D eigenvalue weighted by molar-refractivity contribution is -0.168. The minimum Gasteiger partial charge on any atom is -0.504 e. The number of hydrogen-bond donors (Lipinski definition) is 2. The molecule has 0 saturated heterocycles. The van der Waals surface area contributed by atoms with Gasteiger partial charge in [0.2, 0.25) is 5.91 Å². The van der Waals surface area contributed by atoms with Crippen molar-refractivity contribution in [3.8, 4) is 11.5 Å². The van der Waals surface area contributed by atoms with Gasteiger partial charge in [-0.15, -0.1) is 0 Å². The lowest BCUT2D eigenvalue weighted by Gasteiger charge is -2.15. The Morgan fingerprint density at radius 2 is 1.52 bits per heavy atom. The van der Waals surface area contributed by atoms with Crippen molar-refractivity contribution in [3.05, 3.63) is 35.9 Å². The van der Waals surface area contributed by atoms with Gasteiger partial charge in [0.25, 0.3) is 0 Å². The van der Waals surface area contributed by atoms with E-state index in [1.54, 1.807) is 12.1 Å². The van der Waals surface area contributed by atoms with Gasteiger partial charge in [0.1, 0.15) is 0 Å². The number of carbonyl (C=O) groups excluding carboxylic acids is 1. The van der Waals surface area contributed by atoms with E-state index in [0.29, 0.717) is 17.7 Å². The number of phenols is 1. The van der Waals surface area contributed by atoms with Gasteiger partial charge in [0, 0.05) is 6.42 Å². The van der Waals surface area contributed by atoms with Crippen LogP contribution in [-0.4, -0.2) is 28.4 Å². The molecule has 0 aliphatic rings. The molecule has 0 fully saturated rings. The Bertz CT molecular complexity index is 630. The summed E-state index contributed by atoms with van der Waals surface area (Å²) in [6, 6.07) is 4.78. The smallest absolute Gasteiger partial charge is 0.246 e. The van der Waals surface area contributed by atoms with Gasteiger partial charge in [0.05, 0.1) is 13.7 Å². The quantitative estimate of drug-likeness (QED) is 0.112. The van der Waals surface area contributed by atoms with Crippen molar-refractivity contribution in [2.75, 3.05) is 7.11 Å². The fourth-order valence-electron chi connectivity index (χ4n) is 3.56. The van der Waals surface area contributed by atoms with E-state index < -0.39 is 0 Å². The number of allylic oxidation sites excluding steroid dienone is 2. The minimum absolute atomic E-state index is 0.0374. The number of hydroxylamine groups is 2. The van der Waals surface area contributed by atoms with Crippen molar-refractivity contribution < 1.29 is 19.8 Å². The molecule has 0 spiro atoms. The first kappa shape index (κ1) is 27.0. The van der Waals surface area contributed by atoms with Crippen LogP contribution in [0.3, 0.4) is 0 Å². The molecule has 0 aliphatic carbocycles. The molecule has 1 rings (SSSR count). The van der Waals surface area contributed by atoms with Crippen LogP contribution in [0.5, 0.6) is 11.5 Å². The van der Waals surface area contributed by atoms with Gasteiger partial charge in [0.15, 0.2) is 11.5 Å². The van der Waals surface area contributed by atoms with Crippen molar-refractivity contribution in [2.45, 2.75) is 103 Å². The molecule has 0 aliphatic heterocycles. The van der Waals surface area contributed by atoms with E-state index in [1.807, 2.05) is 0 Å². The Hall–Kier alpha value is -2.01. The predicted molar refractivity (Wildman–Crippen MR) is 126 cm³/mol. The number of rotatable bonds is 18. The second-order valence-corrected chi connectivity index (χ2v) is 8.29. The Kier molecular flexibility index (Phi) is 15.4. The Balaban J connectivity index is 2.01.